The molecule has 0 saturated carbocycles. The van der Waals surface area contributed by atoms with Gasteiger partial charge in [0.25, 0.3) is 5.91 Å². The van der Waals surface area contributed by atoms with Gasteiger partial charge in [-0.15, -0.1) is 0 Å². The van der Waals surface area contributed by atoms with Crippen molar-refractivity contribution in [1.29, 1.82) is 0 Å². The van der Waals surface area contributed by atoms with E-state index in [-0.39, 0.29) is 18.2 Å². The Labute approximate surface area is 141 Å². The molecule has 1 saturated heterocycles. The van der Waals surface area contributed by atoms with Crippen LogP contribution in [0.2, 0.25) is 0 Å². The van der Waals surface area contributed by atoms with Crippen LogP contribution in [0, 0.1) is 13.8 Å². The van der Waals surface area contributed by atoms with Crippen LogP contribution in [0.1, 0.15) is 17.5 Å². The smallest absolute Gasteiger partial charge is 0.256 e. The first-order chi connectivity index (χ1) is 11.5. The number of hydrogen-bond donors (Lipinski definition) is 1. The molecule has 2 aromatic carbocycles. The van der Waals surface area contributed by atoms with Gasteiger partial charge in [-0.3, -0.25) is 9.59 Å². The van der Waals surface area contributed by atoms with E-state index in [9.17, 15) is 9.59 Å². The summed E-state index contributed by atoms with van der Waals surface area (Å²) in [6.07, 6.45) is 0.129. The number of benzene rings is 2. The second-order valence-electron chi connectivity index (χ2n) is 5.94. The lowest BCUT2D eigenvalue weighted by Crippen LogP contribution is -2.34. The van der Waals surface area contributed by atoms with E-state index in [2.05, 4.69) is 5.32 Å². The zero-order valence-electron chi connectivity index (χ0n) is 14.0. The van der Waals surface area contributed by atoms with E-state index in [1.807, 2.05) is 56.3 Å². The van der Waals surface area contributed by atoms with Crippen LogP contribution >= 0.6 is 0 Å². The number of hydrogen-bond acceptors (Lipinski definition) is 4. The molecule has 5 heteroatoms. The monoisotopic (exact) mass is 324 g/mol. The quantitative estimate of drug-likeness (QED) is 0.878. The predicted molar refractivity (Wildman–Crippen MR) is 93.4 cm³/mol. The van der Waals surface area contributed by atoms with Gasteiger partial charge >= 0.3 is 0 Å². The Morgan fingerprint density at radius 3 is 2.54 bits per heavy atom. The molecule has 124 valence electrons. The van der Waals surface area contributed by atoms with Crippen LogP contribution in [-0.2, 0) is 9.59 Å². The maximum atomic E-state index is 12.7. The molecule has 1 atom stereocenters. The minimum Gasteiger partial charge on any atom is -0.495 e. The predicted octanol–water partition coefficient (Wildman–Crippen LogP) is 3.06. The fourth-order valence-corrected chi connectivity index (χ4v) is 2.83. The molecule has 1 aliphatic heterocycles. The summed E-state index contributed by atoms with van der Waals surface area (Å²) in [6, 6.07) is 12.4. The van der Waals surface area contributed by atoms with Gasteiger partial charge in [-0.25, -0.2) is 4.90 Å². The van der Waals surface area contributed by atoms with Crippen molar-refractivity contribution in [2.24, 2.45) is 0 Å². The largest absolute Gasteiger partial charge is 0.495 e. The lowest BCUT2D eigenvalue weighted by molar-refractivity contribution is -0.121. The van der Waals surface area contributed by atoms with E-state index in [0.29, 0.717) is 17.1 Å². The summed E-state index contributed by atoms with van der Waals surface area (Å²) >= 11 is 0. The number of carbonyl (C=O) groups excluding carboxylic acids is 2. The van der Waals surface area contributed by atoms with Crippen LogP contribution in [0.4, 0.5) is 11.4 Å². The van der Waals surface area contributed by atoms with Crippen molar-refractivity contribution in [3.05, 3.63) is 53.6 Å². The third-order valence-corrected chi connectivity index (χ3v) is 4.33. The van der Waals surface area contributed by atoms with Gasteiger partial charge < -0.3 is 10.1 Å². The van der Waals surface area contributed by atoms with E-state index >= 15 is 0 Å². The third kappa shape index (κ3) is 2.85. The number of amides is 2. The van der Waals surface area contributed by atoms with E-state index in [4.69, 9.17) is 4.74 Å². The first-order valence-corrected chi connectivity index (χ1v) is 7.85. The van der Waals surface area contributed by atoms with Gasteiger partial charge in [0.1, 0.15) is 11.8 Å². The summed E-state index contributed by atoms with van der Waals surface area (Å²) in [5.74, 6) is 0.201. The minimum absolute atomic E-state index is 0.129. The van der Waals surface area contributed by atoms with Crippen molar-refractivity contribution in [2.75, 3.05) is 17.3 Å². The van der Waals surface area contributed by atoms with Crippen molar-refractivity contribution in [1.82, 2.24) is 0 Å². The lowest BCUT2D eigenvalue weighted by Gasteiger charge is -2.18. The highest BCUT2D eigenvalue weighted by Gasteiger charge is 2.39. The molecule has 0 radical (unpaired) electrons. The molecule has 1 fully saturated rings. The molecule has 3 rings (SSSR count). The van der Waals surface area contributed by atoms with Gasteiger partial charge in [0.05, 0.1) is 24.9 Å². The number of rotatable bonds is 4. The van der Waals surface area contributed by atoms with Crippen LogP contribution in [0.25, 0.3) is 0 Å². The Morgan fingerprint density at radius 2 is 1.83 bits per heavy atom. The van der Waals surface area contributed by atoms with Gasteiger partial charge in [-0.05, 0) is 49.2 Å². The number of methoxy groups -OCH3 is 1. The normalized spacial score (nSPS) is 17.3. The molecule has 5 nitrogen and oxygen atoms in total. The Morgan fingerprint density at radius 1 is 1.08 bits per heavy atom. The van der Waals surface area contributed by atoms with Crippen LogP contribution in [-0.4, -0.2) is 25.0 Å². The third-order valence-electron chi connectivity index (χ3n) is 4.33. The minimum atomic E-state index is -0.588. The van der Waals surface area contributed by atoms with Gasteiger partial charge in [0.15, 0.2) is 0 Å². The average Bonchev–Trinajstić information content (AvgIpc) is 2.85. The second-order valence-corrected chi connectivity index (χ2v) is 5.94. The highest BCUT2D eigenvalue weighted by molar-refractivity contribution is 6.23. The molecule has 1 aliphatic rings. The highest BCUT2D eigenvalue weighted by Crippen LogP contribution is 2.29. The Hall–Kier alpha value is -2.82. The first-order valence-electron chi connectivity index (χ1n) is 7.85. The van der Waals surface area contributed by atoms with E-state index < -0.39 is 6.04 Å². The summed E-state index contributed by atoms with van der Waals surface area (Å²) in [6.45, 7) is 3.97. The topological polar surface area (TPSA) is 58.6 Å². The summed E-state index contributed by atoms with van der Waals surface area (Å²) in [4.78, 5) is 26.4. The summed E-state index contributed by atoms with van der Waals surface area (Å²) in [5, 5.41) is 3.13. The van der Waals surface area contributed by atoms with Crippen molar-refractivity contribution in [3.8, 4) is 5.75 Å². The summed E-state index contributed by atoms with van der Waals surface area (Å²) in [5.41, 5.74) is 3.50. The Kier molecular flexibility index (Phi) is 4.25. The number of anilines is 2. The van der Waals surface area contributed by atoms with Crippen molar-refractivity contribution < 1.29 is 14.3 Å². The highest BCUT2D eigenvalue weighted by atomic mass is 16.5. The van der Waals surface area contributed by atoms with Gasteiger partial charge in [-0.2, -0.15) is 0 Å². The fraction of sp³-hybridized carbons (Fsp3) is 0.263. The average molecular weight is 324 g/mol. The standard InChI is InChI=1S/C19H20N2O3/c1-12-8-9-14(10-13(12)2)21-18(22)11-16(19(21)23)20-15-6-4-5-7-17(15)24-3/h4-10,16,20H,11H2,1-3H3/t16-/m1/s1. The van der Waals surface area contributed by atoms with Crippen LogP contribution in [0.5, 0.6) is 5.75 Å². The van der Waals surface area contributed by atoms with Crippen LogP contribution < -0.4 is 15.0 Å². The molecule has 0 spiro atoms. The Bertz CT molecular complexity index is 801. The molecule has 24 heavy (non-hydrogen) atoms. The maximum absolute atomic E-state index is 12.7. The number of carbonyl (C=O) groups is 2. The summed E-state index contributed by atoms with van der Waals surface area (Å²) < 4.78 is 5.29. The zero-order chi connectivity index (χ0) is 17.3. The first kappa shape index (κ1) is 16.1. The molecule has 1 N–H and O–H groups in total. The number of nitrogens with zero attached hydrogens (tertiary/aromatic N) is 1. The van der Waals surface area contributed by atoms with Crippen LogP contribution in [0.15, 0.2) is 42.5 Å². The number of aryl methyl sites for hydroxylation is 2. The SMILES string of the molecule is COc1ccccc1N[C@@H]1CC(=O)N(c2ccc(C)c(C)c2)C1=O. The molecule has 2 aromatic rings. The zero-order valence-corrected chi connectivity index (χ0v) is 14.0. The molecule has 0 unspecified atom stereocenters. The van der Waals surface area contributed by atoms with Crippen molar-refractivity contribution in [3.63, 3.8) is 0 Å². The summed E-state index contributed by atoms with van der Waals surface area (Å²) in [7, 11) is 1.57. The fourth-order valence-electron chi connectivity index (χ4n) is 2.83. The number of imide groups is 1. The van der Waals surface area contributed by atoms with E-state index in [1.54, 1.807) is 7.11 Å². The molecule has 1 heterocycles. The molecular formula is C19H20N2O3. The lowest BCUT2D eigenvalue weighted by atomic mass is 10.1. The molecule has 0 aliphatic carbocycles. The molecule has 0 aromatic heterocycles. The van der Waals surface area contributed by atoms with Gasteiger partial charge in [-0.1, -0.05) is 18.2 Å². The van der Waals surface area contributed by atoms with Gasteiger partial charge in [0, 0.05) is 0 Å². The molecular weight excluding hydrogens is 304 g/mol. The van der Waals surface area contributed by atoms with E-state index in [1.165, 1.54) is 4.90 Å². The second kappa shape index (κ2) is 6.35. The number of para-hydroxylation sites is 2. The maximum Gasteiger partial charge on any atom is 0.256 e. The number of ether oxygens (including phenoxy) is 1. The molecule has 0 bridgehead atoms. The number of nitrogens with one attached hydrogen (secondary N) is 1. The van der Waals surface area contributed by atoms with Crippen molar-refractivity contribution in [2.45, 2.75) is 26.3 Å². The van der Waals surface area contributed by atoms with Crippen molar-refractivity contribution >= 4 is 23.2 Å². The Balaban J connectivity index is 1.85. The van der Waals surface area contributed by atoms with E-state index in [0.717, 1.165) is 11.1 Å². The van der Waals surface area contributed by atoms with Gasteiger partial charge in [0.2, 0.25) is 5.91 Å². The molecule has 2 amide bonds. The van der Waals surface area contributed by atoms with Crippen LogP contribution in [0.3, 0.4) is 0 Å².